The second-order valence-corrected chi connectivity index (χ2v) is 11.7. The average molecular weight is 505 g/mol. The van der Waals surface area contributed by atoms with Gasteiger partial charge in [0.25, 0.3) is 0 Å². The SMILES string of the molecule is CCCCCCCC(=O)Oc1ccc(CCc2ccc(C3(CCCCC)CCCCC3)c(C)c2)cc1C. The smallest absolute Gasteiger partial charge is 0.311 e. The van der Waals surface area contributed by atoms with Crippen molar-refractivity contribution in [1.29, 1.82) is 0 Å². The number of aryl methyl sites for hydroxylation is 4. The van der Waals surface area contributed by atoms with Crippen molar-refractivity contribution in [2.24, 2.45) is 0 Å². The quantitative estimate of drug-likeness (QED) is 0.137. The summed E-state index contributed by atoms with van der Waals surface area (Å²) in [5.41, 5.74) is 7.31. The molecule has 37 heavy (non-hydrogen) atoms. The van der Waals surface area contributed by atoms with Gasteiger partial charge in [-0.25, -0.2) is 0 Å². The Morgan fingerprint density at radius 3 is 2.03 bits per heavy atom. The summed E-state index contributed by atoms with van der Waals surface area (Å²) >= 11 is 0. The number of hydrogen-bond acceptors (Lipinski definition) is 2. The minimum Gasteiger partial charge on any atom is -0.426 e. The van der Waals surface area contributed by atoms with Crippen molar-refractivity contribution >= 4 is 5.97 Å². The largest absolute Gasteiger partial charge is 0.426 e. The second kappa shape index (κ2) is 15.4. The highest BCUT2D eigenvalue weighted by Gasteiger charge is 2.34. The van der Waals surface area contributed by atoms with Crippen LogP contribution in [-0.4, -0.2) is 5.97 Å². The molecule has 1 aliphatic rings. The molecule has 0 bridgehead atoms. The van der Waals surface area contributed by atoms with E-state index in [0.717, 1.165) is 31.2 Å². The van der Waals surface area contributed by atoms with Gasteiger partial charge in [-0.15, -0.1) is 0 Å². The zero-order valence-electron chi connectivity index (χ0n) is 24.3. The van der Waals surface area contributed by atoms with E-state index in [1.807, 2.05) is 6.07 Å². The summed E-state index contributed by atoms with van der Waals surface area (Å²) in [5, 5.41) is 0. The Morgan fingerprint density at radius 2 is 1.38 bits per heavy atom. The predicted molar refractivity (Wildman–Crippen MR) is 158 cm³/mol. The van der Waals surface area contributed by atoms with Gasteiger partial charge in [-0.3, -0.25) is 4.79 Å². The number of rotatable bonds is 15. The van der Waals surface area contributed by atoms with Gasteiger partial charge >= 0.3 is 5.97 Å². The molecule has 0 unspecified atom stereocenters. The van der Waals surface area contributed by atoms with Crippen LogP contribution in [0.25, 0.3) is 0 Å². The Bertz CT molecular complexity index is 967. The molecule has 0 aliphatic heterocycles. The van der Waals surface area contributed by atoms with E-state index in [0.29, 0.717) is 17.6 Å². The summed E-state index contributed by atoms with van der Waals surface area (Å²) in [5.74, 6) is 0.608. The van der Waals surface area contributed by atoms with E-state index < -0.39 is 0 Å². The number of carbonyl (C=O) groups is 1. The molecule has 204 valence electrons. The molecule has 0 aromatic heterocycles. The van der Waals surface area contributed by atoms with Crippen molar-refractivity contribution in [2.45, 2.75) is 142 Å². The first-order chi connectivity index (χ1) is 18.0. The molecule has 2 nitrogen and oxygen atoms in total. The van der Waals surface area contributed by atoms with Crippen LogP contribution < -0.4 is 4.74 Å². The van der Waals surface area contributed by atoms with Crippen LogP contribution in [-0.2, 0) is 23.1 Å². The molecule has 0 atom stereocenters. The monoisotopic (exact) mass is 504 g/mol. The van der Waals surface area contributed by atoms with Gasteiger partial charge in [0, 0.05) is 6.42 Å². The Morgan fingerprint density at radius 1 is 0.757 bits per heavy atom. The average Bonchev–Trinajstić information content (AvgIpc) is 2.89. The Labute approximate surface area is 227 Å². The summed E-state index contributed by atoms with van der Waals surface area (Å²) in [6, 6.07) is 13.6. The maximum absolute atomic E-state index is 12.2. The van der Waals surface area contributed by atoms with E-state index in [4.69, 9.17) is 4.74 Å². The van der Waals surface area contributed by atoms with Gasteiger partial charge in [-0.05, 0) is 91.7 Å². The van der Waals surface area contributed by atoms with Crippen LogP contribution in [0.2, 0.25) is 0 Å². The zero-order valence-corrected chi connectivity index (χ0v) is 24.3. The maximum atomic E-state index is 12.2. The number of unbranched alkanes of at least 4 members (excludes halogenated alkanes) is 6. The molecule has 0 saturated heterocycles. The van der Waals surface area contributed by atoms with Crippen LogP contribution >= 0.6 is 0 Å². The highest BCUT2D eigenvalue weighted by Crippen LogP contribution is 2.44. The molecule has 3 rings (SSSR count). The molecule has 0 radical (unpaired) electrons. The van der Waals surface area contributed by atoms with Gasteiger partial charge in [-0.1, -0.05) is 108 Å². The maximum Gasteiger partial charge on any atom is 0.311 e. The van der Waals surface area contributed by atoms with Gasteiger partial charge in [0.05, 0.1) is 0 Å². The van der Waals surface area contributed by atoms with Gasteiger partial charge in [0.15, 0.2) is 0 Å². The standard InChI is InChI=1S/C35H52O2/c1-5-7-9-10-12-16-34(36)37-33-22-20-31(27-29(33)4)18-17-30-19-21-32(28(3)26-30)35(23-13-8-6-2)24-14-11-15-25-35/h19-22,26-27H,5-18,23-25H2,1-4H3. The Kier molecular flexibility index (Phi) is 12.2. The Balaban J connectivity index is 1.56. The summed E-state index contributed by atoms with van der Waals surface area (Å²) in [6.07, 6.45) is 20.6. The number of benzene rings is 2. The van der Waals surface area contributed by atoms with Gasteiger partial charge < -0.3 is 4.74 Å². The van der Waals surface area contributed by atoms with Crippen LogP contribution in [0.4, 0.5) is 0 Å². The minimum absolute atomic E-state index is 0.103. The first kappa shape index (κ1) is 29.5. The van der Waals surface area contributed by atoms with Crippen molar-refractivity contribution in [3.8, 4) is 5.75 Å². The lowest BCUT2D eigenvalue weighted by molar-refractivity contribution is -0.134. The van der Waals surface area contributed by atoms with Gasteiger partial charge in [-0.2, -0.15) is 0 Å². The molecule has 0 heterocycles. The van der Waals surface area contributed by atoms with Crippen LogP contribution in [0, 0.1) is 13.8 Å². The first-order valence-corrected chi connectivity index (χ1v) is 15.4. The second-order valence-electron chi connectivity index (χ2n) is 11.7. The zero-order chi connectivity index (χ0) is 26.5. The molecule has 2 aromatic rings. The van der Waals surface area contributed by atoms with Gasteiger partial charge in [0.2, 0.25) is 0 Å². The first-order valence-electron chi connectivity index (χ1n) is 15.4. The number of carbonyl (C=O) groups excluding carboxylic acids is 1. The number of ether oxygens (including phenoxy) is 1. The van der Waals surface area contributed by atoms with Crippen LogP contribution in [0.5, 0.6) is 5.75 Å². The summed E-state index contributed by atoms with van der Waals surface area (Å²) < 4.78 is 5.66. The van der Waals surface area contributed by atoms with Crippen LogP contribution in [0.1, 0.15) is 138 Å². The fourth-order valence-electron chi connectivity index (χ4n) is 6.39. The lowest BCUT2D eigenvalue weighted by Gasteiger charge is -2.39. The van der Waals surface area contributed by atoms with Crippen molar-refractivity contribution in [3.63, 3.8) is 0 Å². The van der Waals surface area contributed by atoms with E-state index in [1.54, 1.807) is 5.56 Å². The van der Waals surface area contributed by atoms with Crippen LogP contribution in [0.3, 0.4) is 0 Å². The molecule has 0 N–H and O–H groups in total. The van der Waals surface area contributed by atoms with Crippen molar-refractivity contribution in [3.05, 3.63) is 64.2 Å². The van der Waals surface area contributed by atoms with Crippen molar-refractivity contribution < 1.29 is 9.53 Å². The fraction of sp³-hybridized carbons (Fsp3) is 0.629. The van der Waals surface area contributed by atoms with E-state index in [1.165, 1.54) is 93.7 Å². The van der Waals surface area contributed by atoms with Crippen molar-refractivity contribution in [1.82, 2.24) is 0 Å². The third-order valence-corrected chi connectivity index (χ3v) is 8.58. The third-order valence-electron chi connectivity index (χ3n) is 8.58. The minimum atomic E-state index is -0.103. The molecule has 0 amide bonds. The highest BCUT2D eigenvalue weighted by atomic mass is 16.5. The van der Waals surface area contributed by atoms with Crippen LogP contribution in [0.15, 0.2) is 36.4 Å². The highest BCUT2D eigenvalue weighted by molar-refractivity contribution is 5.72. The third kappa shape index (κ3) is 9.01. The fourth-order valence-corrected chi connectivity index (χ4v) is 6.39. The molecule has 1 saturated carbocycles. The molecule has 1 aliphatic carbocycles. The number of esters is 1. The molecular weight excluding hydrogens is 452 g/mol. The molecule has 2 heteroatoms. The number of hydrogen-bond donors (Lipinski definition) is 0. The lowest BCUT2D eigenvalue weighted by Crippen LogP contribution is -2.30. The summed E-state index contributed by atoms with van der Waals surface area (Å²) in [7, 11) is 0. The van der Waals surface area contributed by atoms with E-state index in [2.05, 4.69) is 58.0 Å². The molecular formula is C35H52O2. The molecule has 1 fully saturated rings. The molecule has 2 aromatic carbocycles. The predicted octanol–water partition coefficient (Wildman–Crippen LogP) is 10.1. The van der Waals surface area contributed by atoms with Gasteiger partial charge in [0.1, 0.15) is 5.75 Å². The summed E-state index contributed by atoms with van der Waals surface area (Å²) in [6.45, 7) is 8.91. The van der Waals surface area contributed by atoms with E-state index >= 15 is 0 Å². The Hall–Kier alpha value is -2.09. The normalized spacial score (nSPS) is 15.0. The summed E-state index contributed by atoms with van der Waals surface area (Å²) in [4.78, 5) is 12.2. The van der Waals surface area contributed by atoms with E-state index in [-0.39, 0.29) is 5.97 Å². The lowest BCUT2D eigenvalue weighted by atomic mass is 9.65. The topological polar surface area (TPSA) is 26.3 Å². The van der Waals surface area contributed by atoms with E-state index in [9.17, 15) is 4.79 Å². The molecule has 0 spiro atoms. The van der Waals surface area contributed by atoms with Crippen molar-refractivity contribution in [2.75, 3.05) is 0 Å².